The molecule has 4 heteroatoms. The van der Waals surface area contributed by atoms with E-state index in [-0.39, 0.29) is 0 Å². The first-order valence-electron chi connectivity index (χ1n) is 3.71. The molecule has 0 heterocycles. The third-order valence-corrected chi connectivity index (χ3v) is 3.43. The van der Waals surface area contributed by atoms with Gasteiger partial charge < -0.3 is 4.74 Å². The standard InChI is InChI=1S/C9H8Br2O2/c1-6(5-12)13-8-4-2-3-7(10)9(8)11/h2-6H,1H3. The largest absolute Gasteiger partial charge is 0.482 e. The van der Waals surface area contributed by atoms with E-state index in [0.717, 1.165) is 15.2 Å². The van der Waals surface area contributed by atoms with Crippen molar-refractivity contribution in [2.24, 2.45) is 0 Å². The molecule has 13 heavy (non-hydrogen) atoms. The summed E-state index contributed by atoms with van der Waals surface area (Å²) in [4.78, 5) is 10.4. The maximum absolute atomic E-state index is 10.4. The lowest BCUT2D eigenvalue weighted by molar-refractivity contribution is -0.113. The number of halogens is 2. The molecule has 1 aromatic carbocycles. The molecule has 70 valence electrons. The fraction of sp³-hybridized carbons (Fsp3) is 0.222. The van der Waals surface area contributed by atoms with Gasteiger partial charge >= 0.3 is 0 Å². The van der Waals surface area contributed by atoms with Crippen molar-refractivity contribution in [2.75, 3.05) is 0 Å². The van der Waals surface area contributed by atoms with Crippen molar-refractivity contribution in [1.82, 2.24) is 0 Å². The Hall–Kier alpha value is -0.350. The molecule has 0 bridgehead atoms. The van der Waals surface area contributed by atoms with Crippen LogP contribution >= 0.6 is 31.9 Å². The van der Waals surface area contributed by atoms with Gasteiger partial charge in [0.25, 0.3) is 0 Å². The molecule has 0 saturated carbocycles. The Morgan fingerprint density at radius 1 is 1.46 bits per heavy atom. The van der Waals surface area contributed by atoms with Crippen LogP contribution in [0, 0.1) is 0 Å². The monoisotopic (exact) mass is 306 g/mol. The van der Waals surface area contributed by atoms with Crippen molar-refractivity contribution in [1.29, 1.82) is 0 Å². The fourth-order valence-corrected chi connectivity index (χ4v) is 1.51. The average molecular weight is 308 g/mol. The van der Waals surface area contributed by atoms with Gasteiger partial charge in [0.1, 0.15) is 5.75 Å². The van der Waals surface area contributed by atoms with Gasteiger partial charge in [0, 0.05) is 4.47 Å². The van der Waals surface area contributed by atoms with Crippen molar-refractivity contribution >= 4 is 38.1 Å². The Labute approximate surface area is 93.5 Å². The van der Waals surface area contributed by atoms with Gasteiger partial charge in [0.2, 0.25) is 0 Å². The zero-order chi connectivity index (χ0) is 9.84. The van der Waals surface area contributed by atoms with Gasteiger partial charge in [-0.2, -0.15) is 0 Å². The van der Waals surface area contributed by atoms with Crippen LogP contribution in [-0.4, -0.2) is 12.4 Å². The van der Waals surface area contributed by atoms with Crippen LogP contribution in [0.25, 0.3) is 0 Å². The third-order valence-electron chi connectivity index (χ3n) is 1.42. The first-order valence-corrected chi connectivity index (χ1v) is 5.29. The number of rotatable bonds is 3. The van der Waals surface area contributed by atoms with Crippen LogP contribution in [0.1, 0.15) is 6.92 Å². The SMILES string of the molecule is CC(C=O)Oc1cccc(Br)c1Br. The molecule has 0 aliphatic rings. The fourth-order valence-electron chi connectivity index (χ4n) is 0.803. The van der Waals surface area contributed by atoms with E-state index in [0.29, 0.717) is 5.75 Å². The molecule has 0 N–H and O–H groups in total. The molecular weight excluding hydrogens is 300 g/mol. The van der Waals surface area contributed by atoms with E-state index < -0.39 is 6.10 Å². The number of carbonyl (C=O) groups is 1. The number of hydrogen-bond donors (Lipinski definition) is 0. The van der Waals surface area contributed by atoms with Crippen molar-refractivity contribution in [3.63, 3.8) is 0 Å². The summed E-state index contributed by atoms with van der Waals surface area (Å²) in [7, 11) is 0. The highest BCUT2D eigenvalue weighted by Gasteiger charge is 2.07. The second kappa shape index (κ2) is 4.77. The number of hydrogen-bond acceptors (Lipinski definition) is 2. The smallest absolute Gasteiger partial charge is 0.160 e. The molecule has 0 aromatic heterocycles. The molecule has 1 atom stereocenters. The Morgan fingerprint density at radius 3 is 2.77 bits per heavy atom. The van der Waals surface area contributed by atoms with Gasteiger partial charge in [-0.05, 0) is 50.9 Å². The van der Waals surface area contributed by atoms with Gasteiger partial charge in [0.15, 0.2) is 12.4 Å². The van der Waals surface area contributed by atoms with E-state index in [2.05, 4.69) is 31.9 Å². The van der Waals surface area contributed by atoms with Gasteiger partial charge in [0.05, 0.1) is 4.47 Å². The Kier molecular flexibility index (Phi) is 3.93. The second-order valence-corrected chi connectivity index (χ2v) is 4.16. The highest BCUT2D eigenvalue weighted by Crippen LogP contribution is 2.32. The van der Waals surface area contributed by atoms with E-state index in [1.54, 1.807) is 13.0 Å². The second-order valence-electron chi connectivity index (χ2n) is 2.51. The highest BCUT2D eigenvalue weighted by atomic mass is 79.9. The summed E-state index contributed by atoms with van der Waals surface area (Å²) in [5.41, 5.74) is 0. The van der Waals surface area contributed by atoms with Crippen molar-refractivity contribution in [3.8, 4) is 5.75 Å². The van der Waals surface area contributed by atoms with E-state index in [1.165, 1.54) is 0 Å². The van der Waals surface area contributed by atoms with Crippen LogP contribution in [0.2, 0.25) is 0 Å². The number of carbonyl (C=O) groups excluding carboxylic acids is 1. The predicted octanol–water partition coefficient (Wildman–Crippen LogP) is 3.18. The number of aldehydes is 1. The lowest BCUT2D eigenvalue weighted by Gasteiger charge is -2.10. The summed E-state index contributed by atoms with van der Waals surface area (Å²) in [6, 6.07) is 5.54. The zero-order valence-electron chi connectivity index (χ0n) is 6.96. The first-order chi connectivity index (χ1) is 6.15. The van der Waals surface area contributed by atoms with E-state index in [4.69, 9.17) is 4.74 Å². The van der Waals surface area contributed by atoms with Crippen LogP contribution in [0.15, 0.2) is 27.1 Å². The van der Waals surface area contributed by atoms with Crippen molar-refractivity contribution < 1.29 is 9.53 Å². The Balaban J connectivity index is 2.88. The number of benzene rings is 1. The molecule has 0 amide bonds. The molecule has 0 radical (unpaired) electrons. The lowest BCUT2D eigenvalue weighted by atomic mass is 10.3. The summed E-state index contributed by atoms with van der Waals surface area (Å²) in [5, 5.41) is 0. The molecule has 2 nitrogen and oxygen atoms in total. The minimum Gasteiger partial charge on any atom is -0.482 e. The molecule has 0 spiro atoms. The Morgan fingerprint density at radius 2 is 2.15 bits per heavy atom. The van der Waals surface area contributed by atoms with E-state index >= 15 is 0 Å². The molecule has 0 aliphatic heterocycles. The van der Waals surface area contributed by atoms with E-state index in [9.17, 15) is 4.79 Å². The summed E-state index contributed by atoms with van der Waals surface area (Å²) in [6.07, 6.45) is 0.332. The normalized spacial score (nSPS) is 12.2. The molecular formula is C9H8Br2O2. The van der Waals surface area contributed by atoms with Crippen LogP contribution in [-0.2, 0) is 4.79 Å². The van der Waals surface area contributed by atoms with Crippen molar-refractivity contribution in [2.45, 2.75) is 13.0 Å². The van der Waals surface area contributed by atoms with Crippen LogP contribution < -0.4 is 4.74 Å². The van der Waals surface area contributed by atoms with E-state index in [1.807, 2.05) is 12.1 Å². The van der Waals surface area contributed by atoms with Gasteiger partial charge in [-0.3, -0.25) is 4.79 Å². The summed E-state index contributed by atoms with van der Waals surface area (Å²) >= 11 is 6.69. The molecule has 0 saturated heterocycles. The third kappa shape index (κ3) is 2.81. The lowest BCUT2D eigenvalue weighted by Crippen LogP contribution is -2.12. The van der Waals surface area contributed by atoms with Crippen molar-refractivity contribution in [3.05, 3.63) is 27.1 Å². The minimum atomic E-state index is -0.425. The van der Waals surface area contributed by atoms with Gasteiger partial charge in [-0.25, -0.2) is 0 Å². The molecule has 1 unspecified atom stereocenters. The molecule has 1 aromatic rings. The van der Waals surface area contributed by atoms with Crippen LogP contribution in [0.4, 0.5) is 0 Å². The average Bonchev–Trinajstić information content (AvgIpc) is 2.13. The van der Waals surface area contributed by atoms with Gasteiger partial charge in [-0.1, -0.05) is 6.07 Å². The van der Waals surface area contributed by atoms with Crippen LogP contribution in [0.3, 0.4) is 0 Å². The van der Waals surface area contributed by atoms with Crippen LogP contribution in [0.5, 0.6) is 5.75 Å². The molecule has 0 aliphatic carbocycles. The quantitative estimate of drug-likeness (QED) is 0.802. The number of ether oxygens (including phenoxy) is 1. The maximum atomic E-state index is 10.4. The zero-order valence-corrected chi connectivity index (χ0v) is 10.1. The molecule has 1 rings (SSSR count). The maximum Gasteiger partial charge on any atom is 0.160 e. The first kappa shape index (κ1) is 10.7. The summed E-state index contributed by atoms with van der Waals surface area (Å²) in [6.45, 7) is 1.69. The highest BCUT2D eigenvalue weighted by molar-refractivity contribution is 9.13. The topological polar surface area (TPSA) is 26.3 Å². The Bertz CT molecular complexity index is 312. The van der Waals surface area contributed by atoms with Gasteiger partial charge in [-0.15, -0.1) is 0 Å². The molecule has 0 fully saturated rings. The minimum absolute atomic E-state index is 0.425. The predicted molar refractivity (Wildman–Crippen MR) is 58.0 cm³/mol. The summed E-state index contributed by atoms with van der Waals surface area (Å²) in [5.74, 6) is 0.661. The summed E-state index contributed by atoms with van der Waals surface area (Å²) < 4.78 is 7.06.